The van der Waals surface area contributed by atoms with E-state index in [0.717, 1.165) is 0 Å². The highest BCUT2D eigenvalue weighted by Gasteiger charge is 2.15. The molecule has 0 radical (unpaired) electrons. The fourth-order valence-electron chi connectivity index (χ4n) is 1.20. The molecule has 0 saturated carbocycles. The minimum atomic E-state index is -1.03. The predicted molar refractivity (Wildman–Crippen MR) is 58.4 cm³/mol. The number of nitrogens with two attached hydrogens (primary N) is 1. The summed E-state index contributed by atoms with van der Waals surface area (Å²) in [5.41, 5.74) is 5.12. The van der Waals surface area contributed by atoms with Gasteiger partial charge in [-0.3, -0.25) is 4.79 Å². The summed E-state index contributed by atoms with van der Waals surface area (Å²) < 4.78 is 17.7. The molecule has 0 aromatic heterocycles. The Balaban J connectivity index is 2.48. The van der Waals surface area contributed by atoms with Crippen LogP contribution in [-0.2, 0) is 16.1 Å². The van der Waals surface area contributed by atoms with Crippen molar-refractivity contribution in [3.05, 3.63) is 35.6 Å². The molecule has 0 bridgehead atoms. The first kappa shape index (κ1) is 13.0. The maximum Gasteiger partial charge on any atom is 0.405 e. The SMILES string of the molecule is C[C@H](OC(N)=O)C(=O)NCc1ccccc1F. The average molecular weight is 240 g/mol. The molecule has 5 nitrogen and oxygen atoms in total. The molecule has 0 aliphatic heterocycles. The van der Waals surface area contributed by atoms with Crippen molar-refractivity contribution in [1.29, 1.82) is 0 Å². The number of halogens is 1. The van der Waals surface area contributed by atoms with Crippen molar-refractivity contribution in [2.75, 3.05) is 0 Å². The third-order valence-electron chi connectivity index (χ3n) is 2.07. The van der Waals surface area contributed by atoms with Gasteiger partial charge in [-0.05, 0) is 13.0 Å². The molecule has 1 aromatic rings. The van der Waals surface area contributed by atoms with Gasteiger partial charge >= 0.3 is 6.09 Å². The lowest BCUT2D eigenvalue weighted by molar-refractivity contribution is -0.128. The van der Waals surface area contributed by atoms with Gasteiger partial charge in [0.2, 0.25) is 0 Å². The Bertz CT molecular complexity index is 423. The molecular formula is C11H13FN2O3. The Morgan fingerprint density at radius 1 is 1.47 bits per heavy atom. The summed E-state index contributed by atoms with van der Waals surface area (Å²) in [5, 5.41) is 2.43. The van der Waals surface area contributed by atoms with Gasteiger partial charge in [0.1, 0.15) is 5.82 Å². The molecule has 0 saturated heterocycles. The first-order chi connectivity index (χ1) is 8.00. The van der Waals surface area contributed by atoms with E-state index < -0.39 is 23.9 Å². The fourth-order valence-corrected chi connectivity index (χ4v) is 1.20. The third-order valence-corrected chi connectivity index (χ3v) is 2.07. The summed E-state index contributed by atoms with van der Waals surface area (Å²) in [6.07, 6.45) is -2.03. The van der Waals surface area contributed by atoms with Crippen LogP contribution in [-0.4, -0.2) is 18.1 Å². The number of amides is 2. The van der Waals surface area contributed by atoms with Gasteiger partial charge in [0.25, 0.3) is 5.91 Å². The quantitative estimate of drug-likeness (QED) is 0.821. The van der Waals surface area contributed by atoms with E-state index >= 15 is 0 Å². The summed E-state index contributed by atoms with van der Waals surface area (Å²) in [4.78, 5) is 21.8. The molecule has 6 heteroatoms. The first-order valence-electron chi connectivity index (χ1n) is 4.98. The van der Waals surface area contributed by atoms with Crippen LogP contribution in [0.5, 0.6) is 0 Å². The van der Waals surface area contributed by atoms with Crippen molar-refractivity contribution < 1.29 is 18.7 Å². The van der Waals surface area contributed by atoms with E-state index in [1.165, 1.54) is 13.0 Å². The molecule has 0 aliphatic rings. The van der Waals surface area contributed by atoms with Crippen molar-refractivity contribution >= 4 is 12.0 Å². The third kappa shape index (κ3) is 4.10. The summed E-state index contributed by atoms with van der Waals surface area (Å²) in [6.45, 7) is 1.40. The number of nitrogens with one attached hydrogen (secondary N) is 1. The minimum absolute atomic E-state index is 0.0258. The van der Waals surface area contributed by atoms with Crippen molar-refractivity contribution in [2.45, 2.75) is 19.6 Å². The molecule has 92 valence electrons. The Morgan fingerprint density at radius 3 is 2.71 bits per heavy atom. The van der Waals surface area contributed by atoms with E-state index in [1.54, 1.807) is 18.2 Å². The molecule has 0 aliphatic carbocycles. The molecule has 1 atom stereocenters. The van der Waals surface area contributed by atoms with Gasteiger partial charge < -0.3 is 15.8 Å². The highest BCUT2D eigenvalue weighted by Crippen LogP contribution is 2.05. The summed E-state index contributed by atoms with van der Waals surface area (Å²) >= 11 is 0. The normalized spacial score (nSPS) is 11.6. The highest BCUT2D eigenvalue weighted by molar-refractivity contribution is 5.82. The van der Waals surface area contributed by atoms with E-state index in [9.17, 15) is 14.0 Å². The van der Waals surface area contributed by atoms with Crippen LogP contribution in [0.25, 0.3) is 0 Å². The number of benzene rings is 1. The topological polar surface area (TPSA) is 81.4 Å². The molecule has 0 unspecified atom stereocenters. The van der Waals surface area contributed by atoms with Crippen LogP contribution >= 0.6 is 0 Å². The summed E-state index contributed by atoms with van der Waals surface area (Å²) in [7, 11) is 0. The molecule has 3 N–H and O–H groups in total. The molecule has 17 heavy (non-hydrogen) atoms. The van der Waals surface area contributed by atoms with Gasteiger partial charge in [-0.1, -0.05) is 18.2 Å². The number of carbonyl (C=O) groups is 2. The first-order valence-corrected chi connectivity index (χ1v) is 4.98. The molecule has 0 heterocycles. The van der Waals surface area contributed by atoms with Crippen LogP contribution in [0.15, 0.2) is 24.3 Å². The minimum Gasteiger partial charge on any atom is -0.437 e. The maximum atomic E-state index is 13.2. The molecule has 1 rings (SSSR count). The molecular weight excluding hydrogens is 227 g/mol. The number of hydrogen-bond donors (Lipinski definition) is 2. The Labute approximate surface area is 97.7 Å². The number of ether oxygens (including phenoxy) is 1. The molecule has 2 amide bonds. The van der Waals surface area contributed by atoms with Gasteiger partial charge in [0, 0.05) is 12.1 Å². The van der Waals surface area contributed by atoms with Crippen LogP contribution in [0.3, 0.4) is 0 Å². The van der Waals surface area contributed by atoms with Crippen molar-refractivity contribution in [3.63, 3.8) is 0 Å². The predicted octanol–water partition coefficient (Wildman–Crippen LogP) is 0.926. The van der Waals surface area contributed by atoms with Crippen LogP contribution in [0.4, 0.5) is 9.18 Å². The second-order valence-corrected chi connectivity index (χ2v) is 3.39. The van der Waals surface area contributed by atoms with E-state index in [0.29, 0.717) is 5.56 Å². The monoisotopic (exact) mass is 240 g/mol. The largest absolute Gasteiger partial charge is 0.437 e. The van der Waals surface area contributed by atoms with E-state index in [1.807, 2.05) is 0 Å². The number of carbonyl (C=O) groups excluding carboxylic acids is 2. The number of rotatable bonds is 4. The fraction of sp³-hybridized carbons (Fsp3) is 0.273. The van der Waals surface area contributed by atoms with Crippen molar-refractivity contribution in [1.82, 2.24) is 5.32 Å². The van der Waals surface area contributed by atoms with Crippen LogP contribution in [0.2, 0.25) is 0 Å². The molecule has 0 fully saturated rings. The number of primary amides is 1. The van der Waals surface area contributed by atoms with Gasteiger partial charge in [-0.2, -0.15) is 0 Å². The second-order valence-electron chi connectivity index (χ2n) is 3.39. The highest BCUT2D eigenvalue weighted by atomic mass is 19.1. The lowest BCUT2D eigenvalue weighted by Crippen LogP contribution is -2.36. The lowest BCUT2D eigenvalue weighted by Gasteiger charge is -2.11. The second kappa shape index (κ2) is 5.83. The van der Waals surface area contributed by atoms with E-state index in [-0.39, 0.29) is 6.54 Å². The van der Waals surface area contributed by atoms with Crippen LogP contribution < -0.4 is 11.1 Å². The zero-order valence-corrected chi connectivity index (χ0v) is 9.27. The Kier molecular flexibility index (Phi) is 4.45. The smallest absolute Gasteiger partial charge is 0.405 e. The molecule has 1 aromatic carbocycles. The van der Waals surface area contributed by atoms with Gasteiger partial charge in [-0.15, -0.1) is 0 Å². The van der Waals surface area contributed by atoms with Crippen LogP contribution in [0, 0.1) is 5.82 Å². The lowest BCUT2D eigenvalue weighted by atomic mass is 10.2. The standard InChI is InChI=1S/C11H13FN2O3/c1-7(17-11(13)16)10(15)14-6-8-4-2-3-5-9(8)12/h2-5,7H,6H2,1H3,(H2,13,16)(H,14,15)/t7-/m0/s1. The summed E-state index contributed by atoms with van der Waals surface area (Å²) in [6, 6.07) is 6.06. The Morgan fingerprint density at radius 2 is 2.12 bits per heavy atom. The maximum absolute atomic E-state index is 13.2. The average Bonchev–Trinajstić information content (AvgIpc) is 2.26. The van der Waals surface area contributed by atoms with Gasteiger partial charge in [-0.25, -0.2) is 9.18 Å². The zero-order valence-electron chi connectivity index (χ0n) is 9.27. The summed E-state index contributed by atoms with van der Waals surface area (Å²) in [5.74, 6) is -0.941. The van der Waals surface area contributed by atoms with Crippen molar-refractivity contribution in [2.24, 2.45) is 5.73 Å². The van der Waals surface area contributed by atoms with Crippen molar-refractivity contribution in [3.8, 4) is 0 Å². The van der Waals surface area contributed by atoms with E-state index in [2.05, 4.69) is 10.1 Å². The molecule has 0 spiro atoms. The zero-order chi connectivity index (χ0) is 12.8. The number of hydrogen-bond acceptors (Lipinski definition) is 3. The van der Waals surface area contributed by atoms with E-state index in [4.69, 9.17) is 5.73 Å². The Hall–Kier alpha value is -2.11. The van der Waals surface area contributed by atoms with Gasteiger partial charge in [0.05, 0.1) is 0 Å². The van der Waals surface area contributed by atoms with Gasteiger partial charge in [0.15, 0.2) is 6.10 Å². The van der Waals surface area contributed by atoms with Crippen LogP contribution in [0.1, 0.15) is 12.5 Å².